The molecule has 0 spiro atoms. The number of aldehydes is 1. The summed E-state index contributed by atoms with van der Waals surface area (Å²) < 4.78 is 4.62. The van der Waals surface area contributed by atoms with Crippen LogP contribution in [0.3, 0.4) is 0 Å². The van der Waals surface area contributed by atoms with Crippen LogP contribution in [0.4, 0.5) is 0 Å². The number of rotatable bonds is 6. The lowest BCUT2D eigenvalue weighted by atomic mass is 10.1. The Morgan fingerprint density at radius 3 is 2.67 bits per heavy atom. The van der Waals surface area contributed by atoms with E-state index in [0.29, 0.717) is 12.7 Å². The maximum atomic E-state index is 11.0. The minimum Gasteiger partial charge on any atom is -0.458 e. The summed E-state index contributed by atoms with van der Waals surface area (Å²) in [5.41, 5.74) is 1.21. The number of carbonyl (C=O) groups excluding carboxylic acids is 2. The van der Waals surface area contributed by atoms with Crippen LogP contribution in [0.25, 0.3) is 0 Å². The zero-order valence-corrected chi connectivity index (χ0v) is 8.52. The smallest absolute Gasteiger partial charge is 0.306 e. The molecule has 1 aromatic rings. The van der Waals surface area contributed by atoms with Crippen molar-refractivity contribution < 1.29 is 14.3 Å². The molecule has 1 rings (SSSR count). The molecule has 3 heteroatoms. The second kappa shape index (κ2) is 6.76. The van der Waals surface area contributed by atoms with E-state index in [1.165, 1.54) is 5.56 Å². The first-order valence-corrected chi connectivity index (χ1v) is 4.96. The van der Waals surface area contributed by atoms with Crippen molar-refractivity contribution in [3.05, 3.63) is 35.9 Å². The molecular weight excluding hydrogens is 192 g/mol. The Labute approximate surface area is 89.1 Å². The van der Waals surface area contributed by atoms with Gasteiger partial charge < -0.3 is 4.74 Å². The molecule has 0 aliphatic rings. The van der Waals surface area contributed by atoms with E-state index >= 15 is 0 Å². The highest BCUT2D eigenvalue weighted by Gasteiger charge is 2.01. The third kappa shape index (κ3) is 4.96. The van der Waals surface area contributed by atoms with Gasteiger partial charge in [0.05, 0.1) is 0 Å². The van der Waals surface area contributed by atoms with Crippen LogP contribution in [-0.4, -0.2) is 18.9 Å². The number of hydrogen-bond donors (Lipinski definition) is 0. The molecule has 0 radical (unpaired) electrons. The molecule has 0 aliphatic heterocycles. The maximum Gasteiger partial charge on any atom is 0.306 e. The average Bonchev–Trinajstić information content (AvgIpc) is 2.28. The number of hydrogen-bond acceptors (Lipinski definition) is 3. The molecule has 0 unspecified atom stereocenters. The Morgan fingerprint density at radius 2 is 2.00 bits per heavy atom. The third-order valence-corrected chi connectivity index (χ3v) is 2.00. The normalized spacial score (nSPS) is 9.60. The first-order chi connectivity index (χ1) is 7.33. The SMILES string of the molecule is O=CCOC(=O)CCCc1ccccc1. The van der Waals surface area contributed by atoms with Gasteiger partial charge in [0, 0.05) is 6.42 Å². The molecule has 0 bridgehead atoms. The second-order valence-corrected chi connectivity index (χ2v) is 3.19. The summed E-state index contributed by atoms with van der Waals surface area (Å²) in [6.45, 7) is -0.135. The van der Waals surface area contributed by atoms with Gasteiger partial charge in [-0.2, -0.15) is 0 Å². The molecule has 0 amide bonds. The highest BCUT2D eigenvalue weighted by atomic mass is 16.5. The van der Waals surface area contributed by atoms with Crippen LogP contribution < -0.4 is 0 Å². The largest absolute Gasteiger partial charge is 0.458 e. The monoisotopic (exact) mass is 206 g/mol. The molecule has 0 aromatic heterocycles. The summed E-state index contributed by atoms with van der Waals surface area (Å²) in [5, 5.41) is 0. The van der Waals surface area contributed by atoms with Crippen molar-refractivity contribution in [3.63, 3.8) is 0 Å². The lowest BCUT2D eigenvalue weighted by Gasteiger charge is -2.01. The molecule has 0 heterocycles. The molecule has 80 valence electrons. The van der Waals surface area contributed by atoms with Crippen LogP contribution >= 0.6 is 0 Å². The lowest BCUT2D eigenvalue weighted by molar-refractivity contribution is -0.145. The molecule has 0 saturated carbocycles. The van der Waals surface area contributed by atoms with Crippen molar-refractivity contribution in [3.8, 4) is 0 Å². The Kier molecular flexibility index (Phi) is 5.15. The predicted octanol–water partition coefficient (Wildman–Crippen LogP) is 1.75. The van der Waals surface area contributed by atoms with Gasteiger partial charge in [0.25, 0.3) is 0 Å². The van der Waals surface area contributed by atoms with Crippen molar-refractivity contribution in [2.75, 3.05) is 6.61 Å². The molecule has 0 fully saturated rings. The van der Waals surface area contributed by atoms with E-state index in [2.05, 4.69) is 4.74 Å². The molecule has 1 aromatic carbocycles. The standard InChI is InChI=1S/C12H14O3/c13-9-10-15-12(14)8-4-7-11-5-2-1-3-6-11/h1-3,5-6,9H,4,7-8,10H2. The fourth-order valence-electron chi connectivity index (χ4n) is 1.28. The van der Waals surface area contributed by atoms with Gasteiger partial charge in [-0.3, -0.25) is 9.59 Å². The topological polar surface area (TPSA) is 43.4 Å². The van der Waals surface area contributed by atoms with Gasteiger partial charge in [0.15, 0.2) is 6.29 Å². The molecule has 0 saturated heterocycles. The van der Waals surface area contributed by atoms with Crippen molar-refractivity contribution in [2.24, 2.45) is 0 Å². The quantitative estimate of drug-likeness (QED) is 0.526. The fourth-order valence-corrected chi connectivity index (χ4v) is 1.28. The number of benzene rings is 1. The fraction of sp³-hybridized carbons (Fsp3) is 0.333. The van der Waals surface area contributed by atoms with Gasteiger partial charge >= 0.3 is 5.97 Å². The molecule has 0 aliphatic carbocycles. The van der Waals surface area contributed by atoms with E-state index in [1.807, 2.05) is 30.3 Å². The molecule has 0 atom stereocenters. The summed E-state index contributed by atoms with van der Waals surface area (Å²) in [6.07, 6.45) is 2.55. The van der Waals surface area contributed by atoms with Crippen molar-refractivity contribution in [1.82, 2.24) is 0 Å². The van der Waals surface area contributed by atoms with E-state index in [4.69, 9.17) is 0 Å². The zero-order valence-electron chi connectivity index (χ0n) is 8.52. The molecule has 15 heavy (non-hydrogen) atoms. The van der Waals surface area contributed by atoms with Gasteiger partial charge in [-0.25, -0.2) is 0 Å². The summed E-state index contributed by atoms with van der Waals surface area (Å²) in [7, 11) is 0. The van der Waals surface area contributed by atoms with Crippen LogP contribution in [-0.2, 0) is 20.7 Å². The second-order valence-electron chi connectivity index (χ2n) is 3.19. The molecule has 0 N–H and O–H groups in total. The van der Waals surface area contributed by atoms with Gasteiger partial charge in [-0.1, -0.05) is 30.3 Å². The Balaban J connectivity index is 2.16. The van der Waals surface area contributed by atoms with Crippen LogP contribution in [0, 0.1) is 0 Å². The number of aryl methyl sites for hydroxylation is 1. The Morgan fingerprint density at radius 1 is 1.27 bits per heavy atom. The minimum atomic E-state index is -0.307. The Bertz CT molecular complexity index is 306. The van der Waals surface area contributed by atoms with Crippen LogP contribution in [0.5, 0.6) is 0 Å². The number of ether oxygens (including phenoxy) is 1. The molecule has 3 nitrogen and oxygen atoms in total. The highest BCUT2D eigenvalue weighted by molar-refractivity contribution is 5.71. The summed E-state index contributed by atoms with van der Waals surface area (Å²) in [5.74, 6) is -0.307. The number of carbonyl (C=O) groups is 2. The van der Waals surface area contributed by atoms with Crippen molar-refractivity contribution >= 4 is 12.3 Å². The van der Waals surface area contributed by atoms with E-state index in [-0.39, 0.29) is 12.6 Å². The van der Waals surface area contributed by atoms with Gasteiger partial charge in [-0.15, -0.1) is 0 Å². The van der Waals surface area contributed by atoms with E-state index in [0.717, 1.165) is 12.8 Å². The summed E-state index contributed by atoms with van der Waals surface area (Å²) in [4.78, 5) is 20.9. The predicted molar refractivity (Wildman–Crippen MR) is 56.4 cm³/mol. The maximum absolute atomic E-state index is 11.0. The first-order valence-electron chi connectivity index (χ1n) is 4.96. The van der Waals surface area contributed by atoms with E-state index in [1.54, 1.807) is 0 Å². The van der Waals surface area contributed by atoms with Crippen LogP contribution in [0.15, 0.2) is 30.3 Å². The van der Waals surface area contributed by atoms with E-state index < -0.39 is 0 Å². The lowest BCUT2D eigenvalue weighted by Crippen LogP contribution is -2.06. The molecular formula is C12H14O3. The van der Waals surface area contributed by atoms with Gasteiger partial charge in [-0.05, 0) is 18.4 Å². The van der Waals surface area contributed by atoms with E-state index in [9.17, 15) is 9.59 Å². The first kappa shape index (κ1) is 11.4. The van der Waals surface area contributed by atoms with Gasteiger partial charge in [0.2, 0.25) is 0 Å². The summed E-state index contributed by atoms with van der Waals surface area (Å²) in [6, 6.07) is 9.95. The summed E-state index contributed by atoms with van der Waals surface area (Å²) >= 11 is 0. The minimum absolute atomic E-state index is 0.135. The zero-order chi connectivity index (χ0) is 10.9. The highest BCUT2D eigenvalue weighted by Crippen LogP contribution is 2.04. The van der Waals surface area contributed by atoms with Crippen molar-refractivity contribution in [1.29, 1.82) is 0 Å². The number of esters is 1. The van der Waals surface area contributed by atoms with Gasteiger partial charge in [0.1, 0.15) is 6.61 Å². The van der Waals surface area contributed by atoms with Crippen LogP contribution in [0.2, 0.25) is 0 Å². The Hall–Kier alpha value is -1.64. The van der Waals surface area contributed by atoms with Crippen molar-refractivity contribution in [2.45, 2.75) is 19.3 Å². The average molecular weight is 206 g/mol. The third-order valence-electron chi connectivity index (χ3n) is 2.00. The van der Waals surface area contributed by atoms with Crippen LogP contribution in [0.1, 0.15) is 18.4 Å².